The standard InChI is InChI=1S/C14H20N4O2/c1-4-14(2,5-6-19)17-13(20)10-7-11-12(15-8-10)18(3)9-16-11/h7-9,19H,4-6H2,1-3H3,(H,17,20). The number of aliphatic hydroxyl groups excluding tert-OH is 1. The predicted octanol–water partition coefficient (Wildman–Crippen LogP) is 1.25. The molecule has 0 spiro atoms. The Kier molecular flexibility index (Phi) is 4.04. The summed E-state index contributed by atoms with van der Waals surface area (Å²) in [6.07, 6.45) is 4.49. The van der Waals surface area contributed by atoms with Gasteiger partial charge in [0.1, 0.15) is 5.52 Å². The second-order valence-electron chi connectivity index (χ2n) is 5.26. The number of hydrogen-bond acceptors (Lipinski definition) is 4. The zero-order valence-corrected chi connectivity index (χ0v) is 12.1. The summed E-state index contributed by atoms with van der Waals surface area (Å²) in [5.41, 5.74) is 1.51. The van der Waals surface area contributed by atoms with Crippen molar-refractivity contribution in [2.45, 2.75) is 32.2 Å². The lowest BCUT2D eigenvalue weighted by molar-refractivity contribution is 0.0886. The first-order chi connectivity index (χ1) is 9.49. The smallest absolute Gasteiger partial charge is 0.253 e. The van der Waals surface area contributed by atoms with Crippen LogP contribution in [-0.2, 0) is 7.05 Å². The minimum Gasteiger partial charge on any atom is -0.396 e. The number of hydrogen-bond donors (Lipinski definition) is 2. The zero-order valence-electron chi connectivity index (χ0n) is 12.1. The number of carbonyl (C=O) groups excluding carboxylic acids is 1. The first kappa shape index (κ1) is 14.5. The van der Waals surface area contributed by atoms with Crippen molar-refractivity contribution in [3.05, 3.63) is 24.2 Å². The van der Waals surface area contributed by atoms with Gasteiger partial charge in [0.15, 0.2) is 5.65 Å². The van der Waals surface area contributed by atoms with Gasteiger partial charge < -0.3 is 15.0 Å². The lowest BCUT2D eigenvalue weighted by atomic mass is 9.94. The van der Waals surface area contributed by atoms with Gasteiger partial charge in [-0.3, -0.25) is 4.79 Å². The van der Waals surface area contributed by atoms with Crippen LogP contribution in [-0.4, -0.2) is 37.7 Å². The molecule has 0 aliphatic carbocycles. The third kappa shape index (κ3) is 2.80. The van der Waals surface area contributed by atoms with Crippen molar-refractivity contribution in [3.63, 3.8) is 0 Å². The predicted molar refractivity (Wildman–Crippen MR) is 76.4 cm³/mol. The molecule has 0 radical (unpaired) electrons. The summed E-state index contributed by atoms with van der Waals surface area (Å²) in [5.74, 6) is -0.192. The quantitative estimate of drug-likeness (QED) is 0.861. The maximum Gasteiger partial charge on any atom is 0.253 e. The van der Waals surface area contributed by atoms with E-state index in [1.807, 2.05) is 20.9 Å². The van der Waals surface area contributed by atoms with Gasteiger partial charge in [0.25, 0.3) is 5.91 Å². The molecule has 20 heavy (non-hydrogen) atoms. The van der Waals surface area contributed by atoms with E-state index in [-0.39, 0.29) is 12.5 Å². The van der Waals surface area contributed by atoms with Crippen LogP contribution in [0.25, 0.3) is 11.2 Å². The molecule has 2 heterocycles. The third-order valence-electron chi connectivity index (χ3n) is 3.67. The molecule has 0 aliphatic rings. The fourth-order valence-electron chi connectivity index (χ4n) is 2.06. The van der Waals surface area contributed by atoms with E-state index in [9.17, 15) is 4.79 Å². The topological polar surface area (TPSA) is 80.0 Å². The lowest BCUT2D eigenvalue weighted by Gasteiger charge is -2.28. The molecule has 0 bridgehead atoms. The number of nitrogens with zero attached hydrogens (tertiary/aromatic N) is 3. The number of aryl methyl sites for hydroxylation is 1. The van der Waals surface area contributed by atoms with Gasteiger partial charge in [-0.05, 0) is 25.8 Å². The van der Waals surface area contributed by atoms with Gasteiger partial charge in [-0.2, -0.15) is 0 Å². The highest BCUT2D eigenvalue weighted by Crippen LogP contribution is 2.16. The number of amides is 1. The summed E-state index contributed by atoms with van der Waals surface area (Å²) in [6, 6.07) is 1.73. The van der Waals surface area contributed by atoms with Crippen molar-refractivity contribution in [3.8, 4) is 0 Å². The number of nitrogens with one attached hydrogen (secondary N) is 1. The van der Waals surface area contributed by atoms with E-state index in [4.69, 9.17) is 5.11 Å². The van der Waals surface area contributed by atoms with Crippen molar-refractivity contribution in [2.75, 3.05) is 6.61 Å². The Morgan fingerprint density at radius 1 is 1.50 bits per heavy atom. The molecule has 2 rings (SSSR count). The summed E-state index contributed by atoms with van der Waals surface area (Å²) in [7, 11) is 1.86. The Balaban J connectivity index is 2.22. The van der Waals surface area contributed by atoms with Gasteiger partial charge in [-0.1, -0.05) is 6.92 Å². The van der Waals surface area contributed by atoms with E-state index >= 15 is 0 Å². The van der Waals surface area contributed by atoms with Crippen LogP contribution in [0.1, 0.15) is 37.0 Å². The molecule has 6 heteroatoms. The maximum absolute atomic E-state index is 12.3. The van der Waals surface area contributed by atoms with Crippen LogP contribution in [0.2, 0.25) is 0 Å². The minimum atomic E-state index is -0.412. The van der Waals surface area contributed by atoms with Crippen LogP contribution in [0, 0.1) is 0 Å². The molecule has 0 aliphatic heterocycles. The Bertz CT molecular complexity index is 623. The molecule has 0 saturated heterocycles. The van der Waals surface area contributed by atoms with E-state index in [1.165, 1.54) is 0 Å². The van der Waals surface area contributed by atoms with Gasteiger partial charge in [-0.25, -0.2) is 9.97 Å². The highest BCUT2D eigenvalue weighted by molar-refractivity contribution is 5.96. The fraction of sp³-hybridized carbons (Fsp3) is 0.500. The molecule has 2 aromatic heterocycles. The SMILES string of the molecule is CCC(C)(CCO)NC(=O)c1cnc2c(c1)ncn2C. The third-order valence-corrected chi connectivity index (χ3v) is 3.67. The number of carbonyl (C=O) groups is 1. The minimum absolute atomic E-state index is 0.0438. The second-order valence-corrected chi connectivity index (χ2v) is 5.26. The van der Waals surface area contributed by atoms with Crippen molar-refractivity contribution in [1.29, 1.82) is 0 Å². The van der Waals surface area contributed by atoms with Crippen LogP contribution >= 0.6 is 0 Å². The van der Waals surface area contributed by atoms with Crippen molar-refractivity contribution in [1.82, 2.24) is 19.9 Å². The van der Waals surface area contributed by atoms with E-state index < -0.39 is 5.54 Å². The van der Waals surface area contributed by atoms with Crippen molar-refractivity contribution >= 4 is 17.1 Å². The number of aliphatic hydroxyl groups is 1. The van der Waals surface area contributed by atoms with E-state index in [1.54, 1.807) is 23.2 Å². The molecule has 0 fully saturated rings. The molecule has 1 amide bonds. The molecular formula is C14H20N4O2. The average molecular weight is 276 g/mol. The van der Waals surface area contributed by atoms with Crippen LogP contribution in [0.15, 0.2) is 18.6 Å². The van der Waals surface area contributed by atoms with E-state index in [0.717, 1.165) is 12.1 Å². The molecule has 108 valence electrons. The van der Waals surface area contributed by atoms with Gasteiger partial charge >= 0.3 is 0 Å². The molecule has 1 atom stereocenters. The molecular weight excluding hydrogens is 256 g/mol. The Morgan fingerprint density at radius 2 is 2.25 bits per heavy atom. The molecule has 0 saturated carbocycles. The largest absolute Gasteiger partial charge is 0.396 e. The number of imidazole rings is 1. The second kappa shape index (κ2) is 5.58. The zero-order chi connectivity index (χ0) is 14.8. The average Bonchev–Trinajstić information content (AvgIpc) is 2.80. The van der Waals surface area contributed by atoms with Crippen molar-refractivity contribution in [2.24, 2.45) is 7.05 Å². The van der Waals surface area contributed by atoms with Crippen LogP contribution in [0.4, 0.5) is 0 Å². The number of rotatable bonds is 5. The normalized spacial score (nSPS) is 14.2. The summed E-state index contributed by atoms with van der Waals surface area (Å²) in [5, 5.41) is 12.0. The van der Waals surface area contributed by atoms with Gasteiger partial charge in [-0.15, -0.1) is 0 Å². The van der Waals surface area contributed by atoms with Gasteiger partial charge in [0, 0.05) is 25.4 Å². The van der Waals surface area contributed by atoms with E-state index in [2.05, 4.69) is 15.3 Å². The maximum atomic E-state index is 12.3. The van der Waals surface area contributed by atoms with Gasteiger partial charge in [0.05, 0.1) is 11.9 Å². The Morgan fingerprint density at radius 3 is 2.90 bits per heavy atom. The van der Waals surface area contributed by atoms with Crippen LogP contribution in [0.3, 0.4) is 0 Å². The monoisotopic (exact) mass is 276 g/mol. The number of aromatic nitrogens is 3. The summed E-state index contributed by atoms with van der Waals surface area (Å²) < 4.78 is 1.80. The molecule has 0 aromatic carbocycles. The van der Waals surface area contributed by atoms with Crippen LogP contribution < -0.4 is 5.32 Å². The first-order valence-corrected chi connectivity index (χ1v) is 6.69. The van der Waals surface area contributed by atoms with Gasteiger partial charge in [0.2, 0.25) is 0 Å². The fourth-order valence-corrected chi connectivity index (χ4v) is 2.06. The number of pyridine rings is 1. The highest BCUT2D eigenvalue weighted by Gasteiger charge is 2.24. The Labute approximate surface area is 117 Å². The first-order valence-electron chi connectivity index (χ1n) is 6.69. The van der Waals surface area contributed by atoms with E-state index in [0.29, 0.717) is 17.5 Å². The Hall–Kier alpha value is -1.95. The molecule has 1 unspecified atom stereocenters. The summed E-state index contributed by atoms with van der Waals surface area (Å²) in [4.78, 5) is 20.7. The summed E-state index contributed by atoms with van der Waals surface area (Å²) in [6.45, 7) is 3.95. The molecule has 2 aromatic rings. The molecule has 2 N–H and O–H groups in total. The van der Waals surface area contributed by atoms with Crippen LogP contribution in [0.5, 0.6) is 0 Å². The molecule has 6 nitrogen and oxygen atoms in total. The number of fused-ring (bicyclic) bond motifs is 1. The lowest BCUT2D eigenvalue weighted by Crippen LogP contribution is -2.46. The van der Waals surface area contributed by atoms with Crippen molar-refractivity contribution < 1.29 is 9.90 Å². The summed E-state index contributed by atoms with van der Waals surface area (Å²) >= 11 is 0. The highest BCUT2D eigenvalue weighted by atomic mass is 16.3.